The minimum Gasteiger partial charge on any atom is -0.368 e. The van der Waals surface area contributed by atoms with Crippen LogP contribution in [0.25, 0.3) is 0 Å². The summed E-state index contributed by atoms with van der Waals surface area (Å²) in [5, 5.41) is 3.27. The SMILES string of the molecule is CC(NC(C(N)=O)C(C)C)c1ccc(I)cc1. The van der Waals surface area contributed by atoms with E-state index >= 15 is 0 Å². The van der Waals surface area contributed by atoms with Gasteiger partial charge in [-0.25, -0.2) is 0 Å². The van der Waals surface area contributed by atoms with Crippen molar-refractivity contribution in [3.05, 3.63) is 33.4 Å². The van der Waals surface area contributed by atoms with Crippen molar-refractivity contribution in [2.24, 2.45) is 11.7 Å². The largest absolute Gasteiger partial charge is 0.368 e. The number of halogens is 1. The molecule has 0 aliphatic rings. The van der Waals surface area contributed by atoms with Gasteiger partial charge in [0.15, 0.2) is 0 Å². The van der Waals surface area contributed by atoms with Crippen molar-refractivity contribution in [3.63, 3.8) is 0 Å². The van der Waals surface area contributed by atoms with E-state index in [2.05, 4.69) is 52.2 Å². The summed E-state index contributed by atoms with van der Waals surface area (Å²) in [4.78, 5) is 11.3. The Labute approximate surface area is 116 Å². The van der Waals surface area contributed by atoms with Crippen LogP contribution in [-0.2, 0) is 4.79 Å². The third-order valence-corrected chi connectivity index (χ3v) is 3.49. The number of carbonyl (C=O) groups excluding carboxylic acids is 1. The number of rotatable bonds is 5. The Kier molecular flexibility index (Phi) is 5.39. The Balaban J connectivity index is 2.73. The maximum absolute atomic E-state index is 11.3. The Morgan fingerprint density at radius 3 is 2.18 bits per heavy atom. The Bertz CT molecular complexity index is 376. The van der Waals surface area contributed by atoms with Crippen LogP contribution < -0.4 is 11.1 Å². The first-order valence-corrected chi connectivity index (χ1v) is 6.80. The molecular formula is C13H19IN2O. The van der Waals surface area contributed by atoms with E-state index in [1.165, 1.54) is 3.57 Å². The zero-order chi connectivity index (χ0) is 13.0. The van der Waals surface area contributed by atoms with Crippen LogP contribution in [0.2, 0.25) is 0 Å². The average Bonchev–Trinajstić information content (AvgIpc) is 2.25. The molecule has 0 saturated heterocycles. The Morgan fingerprint density at radius 1 is 1.24 bits per heavy atom. The predicted octanol–water partition coefficient (Wildman–Crippen LogP) is 2.45. The number of primary amides is 1. The van der Waals surface area contributed by atoms with E-state index in [-0.39, 0.29) is 23.9 Å². The normalized spacial score (nSPS) is 14.6. The van der Waals surface area contributed by atoms with E-state index in [0.717, 1.165) is 5.56 Å². The zero-order valence-corrected chi connectivity index (χ0v) is 12.6. The van der Waals surface area contributed by atoms with Gasteiger partial charge in [-0.2, -0.15) is 0 Å². The number of nitrogens with two attached hydrogens (primary N) is 1. The molecule has 1 amide bonds. The smallest absolute Gasteiger partial charge is 0.234 e. The highest BCUT2D eigenvalue weighted by Crippen LogP contribution is 2.16. The molecule has 17 heavy (non-hydrogen) atoms. The third-order valence-electron chi connectivity index (χ3n) is 2.77. The molecule has 1 aromatic rings. The molecule has 0 aliphatic heterocycles. The second-order valence-corrected chi connectivity index (χ2v) is 5.81. The number of amides is 1. The van der Waals surface area contributed by atoms with Gasteiger partial charge in [-0.05, 0) is 53.1 Å². The van der Waals surface area contributed by atoms with E-state index < -0.39 is 0 Å². The van der Waals surface area contributed by atoms with Gasteiger partial charge in [0.2, 0.25) is 5.91 Å². The van der Waals surface area contributed by atoms with Gasteiger partial charge < -0.3 is 5.73 Å². The van der Waals surface area contributed by atoms with Gasteiger partial charge in [0, 0.05) is 9.61 Å². The van der Waals surface area contributed by atoms with Gasteiger partial charge in [-0.15, -0.1) is 0 Å². The van der Waals surface area contributed by atoms with Crippen LogP contribution >= 0.6 is 22.6 Å². The summed E-state index contributed by atoms with van der Waals surface area (Å²) >= 11 is 2.27. The third kappa shape index (κ3) is 4.27. The van der Waals surface area contributed by atoms with E-state index in [4.69, 9.17) is 5.73 Å². The standard InChI is InChI=1S/C13H19IN2O/c1-8(2)12(13(15)17)16-9(3)10-4-6-11(14)7-5-10/h4-9,12,16H,1-3H3,(H2,15,17). The van der Waals surface area contributed by atoms with Gasteiger partial charge in [0.05, 0.1) is 6.04 Å². The molecule has 1 rings (SSSR count). The lowest BCUT2D eigenvalue weighted by Crippen LogP contribution is -2.45. The maximum atomic E-state index is 11.3. The number of hydrogen-bond acceptors (Lipinski definition) is 2. The molecule has 2 atom stereocenters. The molecule has 0 bridgehead atoms. The van der Waals surface area contributed by atoms with Crippen LogP contribution in [0.5, 0.6) is 0 Å². The van der Waals surface area contributed by atoms with Crippen molar-refractivity contribution >= 4 is 28.5 Å². The lowest BCUT2D eigenvalue weighted by molar-refractivity contribution is -0.121. The van der Waals surface area contributed by atoms with Crippen molar-refractivity contribution in [2.75, 3.05) is 0 Å². The molecule has 0 saturated carbocycles. The Morgan fingerprint density at radius 2 is 1.76 bits per heavy atom. The molecule has 2 unspecified atom stereocenters. The molecule has 3 N–H and O–H groups in total. The number of benzene rings is 1. The minimum absolute atomic E-state index is 0.117. The summed E-state index contributed by atoms with van der Waals surface area (Å²) < 4.78 is 1.20. The lowest BCUT2D eigenvalue weighted by atomic mass is 10.0. The predicted molar refractivity (Wildman–Crippen MR) is 78.5 cm³/mol. The van der Waals surface area contributed by atoms with Gasteiger partial charge in [0.25, 0.3) is 0 Å². The first kappa shape index (κ1) is 14.4. The second kappa shape index (κ2) is 6.35. The highest BCUT2D eigenvalue weighted by Gasteiger charge is 2.21. The molecule has 0 heterocycles. The molecule has 0 aliphatic carbocycles. The quantitative estimate of drug-likeness (QED) is 0.805. The van der Waals surface area contributed by atoms with E-state index in [9.17, 15) is 4.79 Å². The fourth-order valence-corrected chi connectivity index (χ4v) is 2.08. The first-order valence-electron chi connectivity index (χ1n) is 5.72. The van der Waals surface area contributed by atoms with Gasteiger partial charge >= 0.3 is 0 Å². The summed E-state index contributed by atoms with van der Waals surface area (Å²) in [5.41, 5.74) is 6.55. The van der Waals surface area contributed by atoms with Crippen molar-refractivity contribution in [1.82, 2.24) is 5.32 Å². The molecular weight excluding hydrogens is 327 g/mol. The summed E-state index contributed by atoms with van der Waals surface area (Å²) in [6.45, 7) is 6.02. The van der Waals surface area contributed by atoms with Crippen molar-refractivity contribution in [1.29, 1.82) is 0 Å². The van der Waals surface area contributed by atoms with Crippen molar-refractivity contribution in [2.45, 2.75) is 32.9 Å². The van der Waals surface area contributed by atoms with Crippen LogP contribution in [0, 0.1) is 9.49 Å². The fraction of sp³-hybridized carbons (Fsp3) is 0.462. The highest BCUT2D eigenvalue weighted by molar-refractivity contribution is 14.1. The average molecular weight is 346 g/mol. The second-order valence-electron chi connectivity index (χ2n) is 4.56. The number of nitrogens with one attached hydrogen (secondary N) is 1. The lowest BCUT2D eigenvalue weighted by Gasteiger charge is -2.24. The fourth-order valence-electron chi connectivity index (χ4n) is 1.72. The summed E-state index contributed by atoms with van der Waals surface area (Å²) in [6, 6.07) is 8.08. The monoisotopic (exact) mass is 346 g/mol. The van der Waals surface area contributed by atoms with Gasteiger partial charge in [-0.1, -0.05) is 26.0 Å². The van der Waals surface area contributed by atoms with E-state index in [1.807, 2.05) is 20.8 Å². The first-order chi connectivity index (χ1) is 7.91. The molecule has 0 radical (unpaired) electrons. The van der Waals surface area contributed by atoms with Crippen molar-refractivity contribution < 1.29 is 4.79 Å². The molecule has 94 valence electrons. The minimum atomic E-state index is -0.294. The van der Waals surface area contributed by atoms with E-state index in [0.29, 0.717) is 0 Å². The topological polar surface area (TPSA) is 55.1 Å². The summed E-state index contributed by atoms with van der Waals surface area (Å²) in [5.74, 6) is -0.101. The number of hydrogen-bond donors (Lipinski definition) is 2. The molecule has 0 fully saturated rings. The number of carbonyl (C=O) groups is 1. The van der Waals surface area contributed by atoms with Crippen LogP contribution in [-0.4, -0.2) is 11.9 Å². The Hall–Kier alpha value is -0.620. The zero-order valence-electron chi connectivity index (χ0n) is 10.4. The highest BCUT2D eigenvalue weighted by atomic mass is 127. The summed E-state index contributed by atoms with van der Waals surface area (Å²) in [7, 11) is 0. The van der Waals surface area contributed by atoms with E-state index in [1.54, 1.807) is 0 Å². The maximum Gasteiger partial charge on any atom is 0.234 e. The van der Waals surface area contributed by atoms with Gasteiger partial charge in [-0.3, -0.25) is 10.1 Å². The molecule has 3 nitrogen and oxygen atoms in total. The summed E-state index contributed by atoms with van der Waals surface area (Å²) in [6.07, 6.45) is 0. The van der Waals surface area contributed by atoms with Crippen LogP contribution in [0.3, 0.4) is 0 Å². The molecule has 0 aromatic heterocycles. The van der Waals surface area contributed by atoms with Gasteiger partial charge in [0.1, 0.15) is 0 Å². The molecule has 0 spiro atoms. The van der Waals surface area contributed by atoms with Crippen LogP contribution in [0.15, 0.2) is 24.3 Å². The van der Waals surface area contributed by atoms with Crippen LogP contribution in [0.4, 0.5) is 0 Å². The molecule has 4 heteroatoms. The molecule has 1 aromatic carbocycles. The van der Waals surface area contributed by atoms with Crippen LogP contribution in [0.1, 0.15) is 32.4 Å². The van der Waals surface area contributed by atoms with Crippen molar-refractivity contribution in [3.8, 4) is 0 Å².